The molecule has 0 fully saturated rings. The largest absolute Gasteiger partial charge is 0.495 e. The maximum absolute atomic E-state index is 12.8. The van der Waals surface area contributed by atoms with Crippen molar-refractivity contribution in [2.24, 2.45) is 0 Å². The van der Waals surface area contributed by atoms with Crippen LogP contribution in [0.5, 0.6) is 5.75 Å². The summed E-state index contributed by atoms with van der Waals surface area (Å²) >= 11 is 7.91. The molecule has 1 atom stereocenters. The third-order valence-corrected chi connectivity index (χ3v) is 7.11. The SMILES string of the molecule is CCN1CCc2c(sc(-n3cccc3)c2[C@@H](C)NC(=O)Nc2cc(Cl)ccc2OC)C1. The Balaban J connectivity index is 1.59. The number of benzene rings is 1. The Hall–Kier alpha value is -2.48. The minimum Gasteiger partial charge on any atom is -0.495 e. The van der Waals surface area contributed by atoms with Crippen molar-refractivity contribution in [2.45, 2.75) is 32.9 Å². The van der Waals surface area contributed by atoms with Gasteiger partial charge < -0.3 is 19.9 Å². The predicted molar refractivity (Wildman–Crippen MR) is 127 cm³/mol. The number of hydrogen-bond donors (Lipinski definition) is 2. The maximum atomic E-state index is 12.8. The molecular weight excluding hydrogens is 432 g/mol. The molecule has 8 heteroatoms. The number of thiophene rings is 1. The average Bonchev–Trinajstić information content (AvgIpc) is 3.40. The first kappa shape index (κ1) is 21.7. The number of aromatic nitrogens is 1. The lowest BCUT2D eigenvalue weighted by Gasteiger charge is -2.26. The Kier molecular flexibility index (Phi) is 6.55. The summed E-state index contributed by atoms with van der Waals surface area (Å²) in [5.74, 6) is 0.563. The predicted octanol–water partition coefficient (Wildman–Crippen LogP) is 5.46. The van der Waals surface area contributed by atoms with E-state index in [2.05, 4.69) is 39.4 Å². The van der Waals surface area contributed by atoms with Crippen LogP contribution in [-0.4, -0.2) is 35.7 Å². The number of anilines is 1. The molecule has 0 aliphatic carbocycles. The Morgan fingerprint density at radius 1 is 1.32 bits per heavy atom. The van der Waals surface area contributed by atoms with Gasteiger partial charge in [0, 0.05) is 40.9 Å². The number of nitrogens with one attached hydrogen (secondary N) is 2. The van der Waals surface area contributed by atoms with Crippen LogP contribution in [0.1, 0.15) is 35.9 Å². The first-order valence-corrected chi connectivity index (χ1v) is 11.6. The number of rotatable bonds is 6. The van der Waals surface area contributed by atoms with Crippen LogP contribution in [0, 0.1) is 0 Å². The second-order valence-electron chi connectivity index (χ2n) is 7.60. The first-order valence-electron chi connectivity index (χ1n) is 10.4. The fraction of sp³-hybridized carbons (Fsp3) is 0.348. The van der Waals surface area contributed by atoms with Gasteiger partial charge in [-0.3, -0.25) is 4.90 Å². The van der Waals surface area contributed by atoms with E-state index in [1.807, 2.05) is 30.4 Å². The van der Waals surface area contributed by atoms with Crippen molar-refractivity contribution >= 4 is 34.7 Å². The van der Waals surface area contributed by atoms with Gasteiger partial charge >= 0.3 is 6.03 Å². The number of hydrogen-bond acceptors (Lipinski definition) is 4. The number of urea groups is 1. The van der Waals surface area contributed by atoms with Crippen LogP contribution in [0.4, 0.5) is 10.5 Å². The molecule has 2 N–H and O–H groups in total. The van der Waals surface area contributed by atoms with Gasteiger partial charge in [0.25, 0.3) is 0 Å². The summed E-state index contributed by atoms with van der Waals surface area (Å²) in [6.07, 6.45) is 5.11. The Morgan fingerprint density at radius 3 is 2.81 bits per heavy atom. The van der Waals surface area contributed by atoms with Gasteiger partial charge in [-0.2, -0.15) is 0 Å². The summed E-state index contributed by atoms with van der Waals surface area (Å²) in [5, 5.41) is 7.69. The molecule has 3 heterocycles. The molecule has 1 aliphatic heterocycles. The number of halogens is 1. The standard InChI is InChI=1S/C23H27ClN4O2S/c1-4-27-12-9-17-20(14-27)31-22(28-10-5-6-11-28)21(17)15(2)25-23(29)26-18-13-16(24)7-8-19(18)30-3/h5-8,10-11,13,15H,4,9,12,14H2,1-3H3,(H2,25,26,29)/t15-/m1/s1. The number of carbonyl (C=O) groups is 1. The third kappa shape index (κ3) is 4.59. The topological polar surface area (TPSA) is 58.5 Å². The molecule has 3 aromatic rings. The summed E-state index contributed by atoms with van der Waals surface area (Å²) < 4.78 is 7.48. The van der Waals surface area contributed by atoms with Gasteiger partial charge in [0.1, 0.15) is 10.8 Å². The molecule has 6 nitrogen and oxygen atoms in total. The molecular formula is C23H27ClN4O2S. The van der Waals surface area contributed by atoms with E-state index in [1.54, 1.807) is 25.3 Å². The summed E-state index contributed by atoms with van der Waals surface area (Å²) in [6, 6.07) is 8.75. The Morgan fingerprint density at radius 2 is 2.10 bits per heavy atom. The zero-order valence-electron chi connectivity index (χ0n) is 17.9. The van der Waals surface area contributed by atoms with Crippen LogP contribution in [0.15, 0.2) is 42.7 Å². The second-order valence-corrected chi connectivity index (χ2v) is 9.12. The highest BCUT2D eigenvalue weighted by Gasteiger charge is 2.28. The number of methoxy groups -OCH3 is 1. The summed E-state index contributed by atoms with van der Waals surface area (Å²) in [7, 11) is 1.57. The van der Waals surface area contributed by atoms with Gasteiger partial charge in [-0.1, -0.05) is 18.5 Å². The maximum Gasteiger partial charge on any atom is 0.319 e. The number of likely N-dealkylation sites (N-methyl/N-ethyl adjacent to an activating group) is 1. The van der Waals surface area contributed by atoms with Crippen molar-refractivity contribution in [1.29, 1.82) is 0 Å². The first-order chi connectivity index (χ1) is 15.0. The zero-order valence-corrected chi connectivity index (χ0v) is 19.5. The van der Waals surface area contributed by atoms with Crippen LogP contribution >= 0.6 is 22.9 Å². The number of carbonyl (C=O) groups excluding carboxylic acids is 1. The molecule has 2 aromatic heterocycles. The summed E-state index contributed by atoms with van der Waals surface area (Å²) in [5.41, 5.74) is 3.10. The van der Waals surface area contributed by atoms with Crippen molar-refractivity contribution in [3.8, 4) is 10.8 Å². The average molecular weight is 459 g/mol. The fourth-order valence-electron chi connectivity index (χ4n) is 4.05. The van der Waals surface area contributed by atoms with E-state index in [0.29, 0.717) is 16.5 Å². The van der Waals surface area contributed by atoms with E-state index >= 15 is 0 Å². The quantitative estimate of drug-likeness (QED) is 0.515. The lowest BCUT2D eigenvalue weighted by atomic mass is 9.98. The minimum atomic E-state index is -0.294. The highest BCUT2D eigenvalue weighted by Crippen LogP contribution is 2.39. The number of ether oxygens (including phenoxy) is 1. The fourth-order valence-corrected chi connectivity index (χ4v) is 5.67. The van der Waals surface area contributed by atoms with Crippen LogP contribution in [0.25, 0.3) is 5.00 Å². The number of nitrogens with zero attached hydrogens (tertiary/aromatic N) is 2. The van der Waals surface area contributed by atoms with E-state index < -0.39 is 0 Å². The molecule has 0 saturated heterocycles. The van der Waals surface area contributed by atoms with Gasteiger partial charge in [0.15, 0.2) is 0 Å². The van der Waals surface area contributed by atoms with Crippen LogP contribution < -0.4 is 15.4 Å². The highest BCUT2D eigenvalue weighted by molar-refractivity contribution is 7.15. The Bertz CT molecular complexity index is 1060. The molecule has 0 bridgehead atoms. The van der Waals surface area contributed by atoms with Crippen LogP contribution in [0.2, 0.25) is 5.02 Å². The number of fused-ring (bicyclic) bond motifs is 1. The summed E-state index contributed by atoms with van der Waals surface area (Å²) in [6.45, 7) is 7.28. The lowest BCUT2D eigenvalue weighted by Crippen LogP contribution is -2.33. The third-order valence-electron chi connectivity index (χ3n) is 5.63. The summed E-state index contributed by atoms with van der Waals surface area (Å²) in [4.78, 5) is 16.7. The van der Waals surface area contributed by atoms with Crippen molar-refractivity contribution in [2.75, 3.05) is 25.5 Å². The van der Waals surface area contributed by atoms with E-state index in [0.717, 1.165) is 26.1 Å². The molecule has 2 amide bonds. The molecule has 0 spiro atoms. The molecule has 1 aromatic carbocycles. The molecule has 4 rings (SSSR count). The van der Waals surface area contributed by atoms with Gasteiger partial charge in [0.05, 0.1) is 18.8 Å². The normalized spacial score (nSPS) is 14.7. The van der Waals surface area contributed by atoms with Gasteiger partial charge in [-0.15, -0.1) is 11.3 Å². The van der Waals surface area contributed by atoms with E-state index in [4.69, 9.17) is 16.3 Å². The van der Waals surface area contributed by atoms with Crippen LogP contribution in [0.3, 0.4) is 0 Å². The zero-order chi connectivity index (χ0) is 22.0. The highest BCUT2D eigenvalue weighted by atomic mass is 35.5. The second kappa shape index (κ2) is 9.34. The monoisotopic (exact) mass is 458 g/mol. The van der Waals surface area contributed by atoms with E-state index in [-0.39, 0.29) is 12.1 Å². The van der Waals surface area contributed by atoms with E-state index in [1.165, 1.54) is 21.0 Å². The van der Waals surface area contributed by atoms with Crippen LogP contribution in [-0.2, 0) is 13.0 Å². The van der Waals surface area contributed by atoms with Crippen molar-refractivity contribution in [1.82, 2.24) is 14.8 Å². The van der Waals surface area contributed by atoms with Gasteiger partial charge in [-0.25, -0.2) is 4.79 Å². The van der Waals surface area contributed by atoms with Crippen molar-refractivity contribution < 1.29 is 9.53 Å². The smallest absolute Gasteiger partial charge is 0.319 e. The van der Waals surface area contributed by atoms with Crippen molar-refractivity contribution in [3.05, 3.63) is 63.8 Å². The molecule has 0 saturated carbocycles. The molecule has 164 valence electrons. The molecule has 31 heavy (non-hydrogen) atoms. The van der Waals surface area contributed by atoms with Crippen molar-refractivity contribution in [3.63, 3.8) is 0 Å². The van der Waals surface area contributed by atoms with Gasteiger partial charge in [0.2, 0.25) is 0 Å². The Labute approximate surface area is 191 Å². The van der Waals surface area contributed by atoms with E-state index in [9.17, 15) is 4.79 Å². The van der Waals surface area contributed by atoms with Gasteiger partial charge in [-0.05, 0) is 55.8 Å². The lowest BCUT2D eigenvalue weighted by molar-refractivity contribution is 0.249. The minimum absolute atomic E-state index is 0.157. The molecule has 1 aliphatic rings. The number of amides is 2. The molecule has 0 radical (unpaired) electrons. The molecule has 0 unspecified atom stereocenters.